The molecule has 5 heteroatoms. The zero-order chi connectivity index (χ0) is 14.8. The van der Waals surface area contributed by atoms with Gasteiger partial charge < -0.3 is 19.5 Å². The summed E-state index contributed by atoms with van der Waals surface area (Å²) in [7, 11) is 0. The Morgan fingerprint density at radius 2 is 1.90 bits per heavy atom. The average Bonchev–Trinajstić information content (AvgIpc) is 2.86. The van der Waals surface area contributed by atoms with Gasteiger partial charge in [0.05, 0.1) is 6.10 Å². The van der Waals surface area contributed by atoms with E-state index in [1.807, 2.05) is 20.8 Å². The van der Waals surface area contributed by atoms with Gasteiger partial charge in [-0.1, -0.05) is 0 Å². The van der Waals surface area contributed by atoms with E-state index in [1.54, 1.807) is 4.90 Å². The van der Waals surface area contributed by atoms with Crippen LogP contribution in [0.1, 0.15) is 40.0 Å². The fraction of sp³-hybridized carbons (Fsp3) is 0.933. The first kappa shape index (κ1) is 15.6. The molecule has 2 heterocycles. The van der Waals surface area contributed by atoms with E-state index in [9.17, 15) is 9.90 Å². The van der Waals surface area contributed by atoms with Crippen molar-refractivity contribution in [2.24, 2.45) is 11.8 Å². The number of aliphatic hydroxyl groups is 1. The van der Waals surface area contributed by atoms with E-state index in [0.29, 0.717) is 19.0 Å². The second-order valence-electron chi connectivity index (χ2n) is 6.92. The summed E-state index contributed by atoms with van der Waals surface area (Å²) in [6.45, 7) is 8.38. The Kier molecular flexibility index (Phi) is 4.91. The number of hydrogen-bond donors (Lipinski definition) is 1. The standard InChI is InChI=1S/C15H27NO4/c1-15(2,3)20-14(18)16-7-4-12(10-16)13(17)11-5-8-19-9-6-11/h11-13,17H,4-10H2,1-3H3/t12-,13+/m1/s1. The lowest BCUT2D eigenvalue weighted by Crippen LogP contribution is -2.38. The molecule has 0 unspecified atom stereocenters. The normalized spacial score (nSPS) is 26.6. The van der Waals surface area contributed by atoms with E-state index in [0.717, 1.165) is 32.5 Å². The number of ether oxygens (including phenoxy) is 2. The lowest BCUT2D eigenvalue weighted by molar-refractivity contribution is -0.0166. The quantitative estimate of drug-likeness (QED) is 0.843. The number of likely N-dealkylation sites (tertiary alicyclic amines) is 1. The molecule has 116 valence electrons. The molecule has 0 aliphatic carbocycles. The number of nitrogens with zero attached hydrogens (tertiary/aromatic N) is 1. The van der Waals surface area contributed by atoms with Gasteiger partial charge >= 0.3 is 6.09 Å². The number of aliphatic hydroxyl groups excluding tert-OH is 1. The van der Waals surface area contributed by atoms with Gasteiger partial charge in [0, 0.05) is 32.2 Å². The average molecular weight is 285 g/mol. The van der Waals surface area contributed by atoms with Gasteiger partial charge in [0.2, 0.25) is 0 Å². The summed E-state index contributed by atoms with van der Waals surface area (Å²) in [5.74, 6) is 0.484. The SMILES string of the molecule is CC(C)(C)OC(=O)N1CC[C@@H]([C@@H](O)C2CCOCC2)C1. The molecule has 0 bridgehead atoms. The largest absolute Gasteiger partial charge is 0.444 e. The van der Waals surface area contributed by atoms with Crippen molar-refractivity contribution in [1.82, 2.24) is 4.90 Å². The van der Waals surface area contributed by atoms with E-state index in [1.165, 1.54) is 0 Å². The Balaban J connectivity index is 1.83. The monoisotopic (exact) mass is 285 g/mol. The van der Waals surface area contributed by atoms with E-state index in [-0.39, 0.29) is 18.1 Å². The molecular formula is C15H27NO4. The van der Waals surface area contributed by atoms with Crippen molar-refractivity contribution in [3.63, 3.8) is 0 Å². The highest BCUT2D eigenvalue weighted by atomic mass is 16.6. The third-order valence-corrected chi connectivity index (χ3v) is 4.11. The summed E-state index contributed by atoms with van der Waals surface area (Å²) in [6, 6.07) is 0. The highest BCUT2D eigenvalue weighted by Crippen LogP contribution is 2.30. The third kappa shape index (κ3) is 4.09. The summed E-state index contributed by atoms with van der Waals surface area (Å²) in [5, 5.41) is 10.5. The summed E-state index contributed by atoms with van der Waals surface area (Å²) < 4.78 is 10.7. The van der Waals surface area contributed by atoms with Crippen molar-refractivity contribution in [3.05, 3.63) is 0 Å². The Bertz CT molecular complexity index is 333. The Hall–Kier alpha value is -0.810. The van der Waals surface area contributed by atoms with Crippen molar-refractivity contribution in [3.8, 4) is 0 Å². The minimum Gasteiger partial charge on any atom is -0.444 e. The summed E-state index contributed by atoms with van der Waals surface area (Å²) in [4.78, 5) is 13.7. The van der Waals surface area contributed by atoms with Crippen LogP contribution in [0.2, 0.25) is 0 Å². The molecule has 5 nitrogen and oxygen atoms in total. The van der Waals surface area contributed by atoms with Crippen molar-refractivity contribution < 1.29 is 19.4 Å². The van der Waals surface area contributed by atoms with E-state index in [4.69, 9.17) is 9.47 Å². The first-order valence-electron chi connectivity index (χ1n) is 7.60. The van der Waals surface area contributed by atoms with E-state index >= 15 is 0 Å². The molecule has 0 spiro atoms. The number of carbonyl (C=O) groups is 1. The molecule has 2 saturated heterocycles. The van der Waals surface area contributed by atoms with Gasteiger partial charge in [-0.05, 0) is 46.0 Å². The van der Waals surface area contributed by atoms with Crippen LogP contribution in [0.5, 0.6) is 0 Å². The van der Waals surface area contributed by atoms with Crippen LogP contribution in [0.15, 0.2) is 0 Å². The molecule has 0 saturated carbocycles. The molecule has 20 heavy (non-hydrogen) atoms. The molecule has 1 N–H and O–H groups in total. The maximum absolute atomic E-state index is 12.0. The smallest absolute Gasteiger partial charge is 0.410 e. The van der Waals surface area contributed by atoms with Gasteiger partial charge in [0.25, 0.3) is 0 Å². The predicted octanol–water partition coefficient (Wildman–Crippen LogP) is 2.03. The Labute approximate surface area is 121 Å². The fourth-order valence-electron chi connectivity index (χ4n) is 3.00. The maximum atomic E-state index is 12.0. The van der Waals surface area contributed by atoms with Crippen LogP contribution in [0.25, 0.3) is 0 Å². The number of carbonyl (C=O) groups excluding carboxylic acids is 1. The zero-order valence-corrected chi connectivity index (χ0v) is 12.8. The van der Waals surface area contributed by atoms with Crippen LogP contribution >= 0.6 is 0 Å². The van der Waals surface area contributed by atoms with Crippen molar-refractivity contribution in [2.45, 2.75) is 51.7 Å². The highest BCUT2D eigenvalue weighted by molar-refractivity contribution is 5.68. The van der Waals surface area contributed by atoms with Crippen LogP contribution < -0.4 is 0 Å². The molecule has 0 aromatic carbocycles. The van der Waals surface area contributed by atoms with Gasteiger partial charge in [0.1, 0.15) is 5.60 Å². The number of hydrogen-bond acceptors (Lipinski definition) is 4. The fourth-order valence-corrected chi connectivity index (χ4v) is 3.00. The topological polar surface area (TPSA) is 59.0 Å². The van der Waals surface area contributed by atoms with Crippen molar-refractivity contribution >= 4 is 6.09 Å². The Morgan fingerprint density at radius 3 is 2.50 bits per heavy atom. The molecule has 0 aromatic heterocycles. The van der Waals surface area contributed by atoms with Gasteiger partial charge in [-0.2, -0.15) is 0 Å². The molecule has 2 fully saturated rings. The van der Waals surface area contributed by atoms with Crippen LogP contribution in [0.4, 0.5) is 4.79 Å². The number of amides is 1. The molecule has 2 atom stereocenters. The summed E-state index contributed by atoms with van der Waals surface area (Å²) >= 11 is 0. The number of rotatable bonds is 2. The van der Waals surface area contributed by atoms with Gasteiger partial charge in [-0.3, -0.25) is 0 Å². The second-order valence-corrected chi connectivity index (χ2v) is 6.92. The van der Waals surface area contributed by atoms with Gasteiger partial charge in [-0.15, -0.1) is 0 Å². The summed E-state index contributed by atoms with van der Waals surface area (Å²) in [6.07, 6.45) is 2.11. The predicted molar refractivity (Wildman–Crippen MR) is 75.5 cm³/mol. The van der Waals surface area contributed by atoms with Crippen LogP contribution in [0, 0.1) is 11.8 Å². The summed E-state index contributed by atoms with van der Waals surface area (Å²) in [5.41, 5.74) is -0.464. The van der Waals surface area contributed by atoms with Crippen molar-refractivity contribution in [2.75, 3.05) is 26.3 Å². The molecule has 2 rings (SSSR count). The van der Waals surface area contributed by atoms with E-state index in [2.05, 4.69) is 0 Å². The lowest BCUT2D eigenvalue weighted by atomic mass is 9.85. The first-order chi connectivity index (χ1) is 9.37. The van der Waals surface area contributed by atoms with Crippen LogP contribution in [0.3, 0.4) is 0 Å². The molecule has 1 amide bonds. The van der Waals surface area contributed by atoms with Crippen molar-refractivity contribution in [1.29, 1.82) is 0 Å². The third-order valence-electron chi connectivity index (χ3n) is 4.11. The molecule has 0 radical (unpaired) electrons. The van der Waals surface area contributed by atoms with Crippen LogP contribution in [-0.4, -0.2) is 54.1 Å². The zero-order valence-electron chi connectivity index (χ0n) is 12.8. The molecule has 0 aromatic rings. The van der Waals surface area contributed by atoms with Crippen LogP contribution in [-0.2, 0) is 9.47 Å². The Morgan fingerprint density at radius 1 is 1.25 bits per heavy atom. The minimum absolute atomic E-state index is 0.172. The molecule has 2 aliphatic rings. The van der Waals surface area contributed by atoms with E-state index < -0.39 is 5.60 Å². The lowest BCUT2D eigenvalue weighted by Gasteiger charge is -2.30. The minimum atomic E-state index is -0.464. The molecule has 2 aliphatic heterocycles. The van der Waals surface area contributed by atoms with Gasteiger partial charge in [-0.25, -0.2) is 4.79 Å². The van der Waals surface area contributed by atoms with Gasteiger partial charge in [0.15, 0.2) is 0 Å². The highest BCUT2D eigenvalue weighted by Gasteiger charge is 2.36. The second kappa shape index (κ2) is 6.31. The maximum Gasteiger partial charge on any atom is 0.410 e. The molecular weight excluding hydrogens is 258 g/mol. The first-order valence-corrected chi connectivity index (χ1v) is 7.60.